The Morgan fingerprint density at radius 2 is 1.72 bits per heavy atom. The molecule has 0 aliphatic heterocycles. The molecule has 124 valence electrons. The summed E-state index contributed by atoms with van der Waals surface area (Å²) in [6.07, 6.45) is 1.84. The van der Waals surface area contributed by atoms with E-state index in [9.17, 15) is 4.39 Å². The van der Waals surface area contributed by atoms with Crippen LogP contribution < -0.4 is 4.74 Å². The van der Waals surface area contributed by atoms with Gasteiger partial charge in [-0.3, -0.25) is 0 Å². The van der Waals surface area contributed by atoms with Crippen LogP contribution in [-0.4, -0.2) is 15.0 Å². The molecule has 1 heterocycles. The number of aromatic nitrogens is 3. The van der Waals surface area contributed by atoms with Crippen molar-refractivity contribution < 1.29 is 9.13 Å². The molecule has 5 heteroatoms. The third-order valence-electron chi connectivity index (χ3n) is 3.97. The maximum Gasteiger partial charge on any atom is 0.134 e. The lowest BCUT2D eigenvalue weighted by atomic mass is 10.1. The Bertz CT molecular complexity index is 990. The van der Waals surface area contributed by atoms with Crippen molar-refractivity contribution in [1.29, 1.82) is 0 Å². The molecule has 0 atom stereocenters. The summed E-state index contributed by atoms with van der Waals surface area (Å²) in [5.74, 6) is 0.581. The third kappa shape index (κ3) is 3.50. The molecule has 0 aliphatic carbocycles. The van der Waals surface area contributed by atoms with E-state index in [1.54, 1.807) is 16.8 Å². The van der Waals surface area contributed by atoms with Crippen molar-refractivity contribution >= 4 is 10.8 Å². The first-order chi connectivity index (χ1) is 12.3. The van der Waals surface area contributed by atoms with E-state index in [0.29, 0.717) is 13.2 Å². The molecule has 4 aromatic rings. The first-order valence-electron chi connectivity index (χ1n) is 8.02. The van der Waals surface area contributed by atoms with Gasteiger partial charge in [0.25, 0.3) is 0 Å². The highest BCUT2D eigenvalue weighted by atomic mass is 19.1. The van der Waals surface area contributed by atoms with Crippen LogP contribution >= 0.6 is 0 Å². The van der Waals surface area contributed by atoms with Crippen molar-refractivity contribution in [3.8, 4) is 5.75 Å². The van der Waals surface area contributed by atoms with Crippen LogP contribution in [0.3, 0.4) is 0 Å². The van der Waals surface area contributed by atoms with Crippen molar-refractivity contribution in [3.05, 3.63) is 90.0 Å². The summed E-state index contributed by atoms with van der Waals surface area (Å²) in [6, 6.07) is 20.4. The van der Waals surface area contributed by atoms with Gasteiger partial charge in [0.1, 0.15) is 23.9 Å². The average molecular weight is 333 g/mol. The second-order valence-corrected chi connectivity index (χ2v) is 5.80. The number of fused-ring (bicyclic) bond motifs is 1. The van der Waals surface area contributed by atoms with E-state index in [0.717, 1.165) is 27.8 Å². The van der Waals surface area contributed by atoms with Crippen molar-refractivity contribution in [3.63, 3.8) is 0 Å². The zero-order valence-corrected chi connectivity index (χ0v) is 13.5. The summed E-state index contributed by atoms with van der Waals surface area (Å²) < 4.78 is 20.6. The average Bonchev–Trinajstić information content (AvgIpc) is 3.09. The van der Waals surface area contributed by atoms with Gasteiger partial charge in [0.15, 0.2) is 0 Å². The Kier molecular flexibility index (Phi) is 4.12. The fourth-order valence-electron chi connectivity index (χ4n) is 2.73. The molecule has 0 unspecified atom stereocenters. The molecule has 0 bridgehead atoms. The van der Waals surface area contributed by atoms with Gasteiger partial charge in [0.05, 0.1) is 12.7 Å². The Morgan fingerprint density at radius 1 is 0.920 bits per heavy atom. The van der Waals surface area contributed by atoms with Crippen LogP contribution in [0.2, 0.25) is 0 Å². The number of ether oxygens (including phenoxy) is 1. The van der Waals surface area contributed by atoms with Crippen LogP contribution in [0.4, 0.5) is 4.39 Å². The molecule has 4 nitrogen and oxygen atoms in total. The highest BCUT2D eigenvalue weighted by Crippen LogP contribution is 2.25. The second kappa shape index (κ2) is 6.73. The number of halogens is 1. The molecule has 0 N–H and O–H groups in total. The van der Waals surface area contributed by atoms with E-state index >= 15 is 0 Å². The molecule has 0 saturated heterocycles. The molecule has 3 aromatic carbocycles. The molecule has 1 aromatic heterocycles. The predicted molar refractivity (Wildman–Crippen MR) is 93.8 cm³/mol. The molecule has 0 saturated carbocycles. The minimum atomic E-state index is -0.244. The van der Waals surface area contributed by atoms with Gasteiger partial charge >= 0.3 is 0 Å². The van der Waals surface area contributed by atoms with E-state index in [1.165, 1.54) is 12.1 Å². The Labute approximate surface area is 144 Å². The number of nitrogens with zero attached hydrogens (tertiary/aromatic N) is 3. The lowest BCUT2D eigenvalue weighted by molar-refractivity contribution is 0.305. The first-order valence-corrected chi connectivity index (χ1v) is 8.02. The van der Waals surface area contributed by atoms with Crippen LogP contribution in [0.15, 0.2) is 72.9 Å². The fourth-order valence-corrected chi connectivity index (χ4v) is 2.73. The van der Waals surface area contributed by atoms with Crippen molar-refractivity contribution in [2.45, 2.75) is 13.2 Å². The van der Waals surface area contributed by atoms with Gasteiger partial charge < -0.3 is 4.74 Å². The molecule has 0 radical (unpaired) electrons. The Balaban J connectivity index is 1.45. The third-order valence-corrected chi connectivity index (χ3v) is 3.97. The van der Waals surface area contributed by atoms with Gasteiger partial charge in [-0.25, -0.2) is 9.07 Å². The molecular formula is C20H16FN3O. The van der Waals surface area contributed by atoms with E-state index in [2.05, 4.69) is 22.4 Å². The SMILES string of the molecule is Fc1ccc(Cn2cc(COc3cccc4ccccc34)nn2)cc1. The van der Waals surface area contributed by atoms with Gasteiger partial charge in [-0.05, 0) is 29.1 Å². The summed E-state index contributed by atoms with van der Waals surface area (Å²) in [5, 5.41) is 10.5. The van der Waals surface area contributed by atoms with Crippen molar-refractivity contribution in [2.75, 3.05) is 0 Å². The smallest absolute Gasteiger partial charge is 0.134 e. The Hall–Kier alpha value is -3.21. The summed E-state index contributed by atoms with van der Waals surface area (Å²) in [7, 11) is 0. The minimum absolute atomic E-state index is 0.244. The molecule has 4 rings (SSSR count). The van der Waals surface area contributed by atoms with Crippen LogP contribution in [0.5, 0.6) is 5.75 Å². The van der Waals surface area contributed by atoms with E-state index in [-0.39, 0.29) is 5.82 Å². The highest BCUT2D eigenvalue weighted by Gasteiger charge is 2.05. The molecule has 0 fully saturated rings. The number of hydrogen-bond acceptors (Lipinski definition) is 3. The zero-order valence-electron chi connectivity index (χ0n) is 13.5. The van der Waals surface area contributed by atoms with Crippen LogP contribution in [0.25, 0.3) is 10.8 Å². The van der Waals surface area contributed by atoms with Crippen LogP contribution in [0.1, 0.15) is 11.3 Å². The van der Waals surface area contributed by atoms with Crippen molar-refractivity contribution in [2.24, 2.45) is 0 Å². The standard InChI is InChI=1S/C20H16FN3O/c21-17-10-8-15(9-11-17)12-24-13-18(22-23-24)14-25-20-7-3-5-16-4-1-2-6-19(16)20/h1-11,13H,12,14H2. The largest absolute Gasteiger partial charge is 0.487 e. The van der Waals surface area contributed by atoms with E-state index in [4.69, 9.17) is 4.74 Å². The molecule has 0 amide bonds. The van der Waals surface area contributed by atoms with Gasteiger partial charge in [-0.1, -0.05) is 53.7 Å². The first kappa shape index (κ1) is 15.3. The quantitative estimate of drug-likeness (QED) is 0.549. The van der Waals surface area contributed by atoms with Gasteiger partial charge in [-0.2, -0.15) is 0 Å². The molecule has 0 spiro atoms. The zero-order chi connectivity index (χ0) is 17.1. The number of rotatable bonds is 5. The second-order valence-electron chi connectivity index (χ2n) is 5.80. The minimum Gasteiger partial charge on any atom is -0.487 e. The lowest BCUT2D eigenvalue weighted by Gasteiger charge is -2.07. The number of hydrogen-bond donors (Lipinski definition) is 0. The van der Waals surface area contributed by atoms with Gasteiger partial charge in [0, 0.05) is 5.39 Å². The number of benzene rings is 3. The summed E-state index contributed by atoms with van der Waals surface area (Å²) in [6.45, 7) is 0.888. The normalized spacial score (nSPS) is 10.9. The predicted octanol–water partition coefficient (Wildman–Crippen LogP) is 4.20. The fraction of sp³-hybridized carbons (Fsp3) is 0.100. The van der Waals surface area contributed by atoms with Crippen LogP contribution in [0, 0.1) is 5.82 Å². The topological polar surface area (TPSA) is 39.9 Å². The Morgan fingerprint density at radius 3 is 2.60 bits per heavy atom. The van der Waals surface area contributed by atoms with E-state index in [1.807, 2.05) is 36.5 Å². The summed E-state index contributed by atoms with van der Waals surface area (Å²) in [4.78, 5) is 0. The molecule has 25 heavy (non-hydrogen) atoms. The van der Waals surface area contributed by atoms with Gasteiger partial charge in [-0.15, -0.1) is 5.10 Å². The van der Waals surface area contributed by atoms with Crippen molar-refractivity contribution in [1.82, 2.24) is 15.0 Å². The molecular weight excluding hydrogens is 317 g/mol. The van der Waals surface area contributed by atoms with Crippen LogP contribution in [-0.2, 0) is 13.2 Å². The highest BCUT2D eigenvalue weighted by molar-refractivity contribution is 5.88. The monoisotopic (exact) mass is 333 g/mol. The summed E-state index contributed by atoms with van der Waals surface area (Å²) >= 11 is 0. The maximum atomic E-state index is 13.0. The maximum absolute atomic E-state index is 13.0. The van der Waals surface area contributed by atoms with Gasteiger partial charge in [0.2, 0.25) is 0 Å². The summed E-state index contributed by atoms with van der Waals surface area (Å²) in [5.41, 5.74) is 1.71. The van der Waals surface area contributed by atoms with E-state index < -0.39 is 0 Å². The molecule has 0 aliphatic rings. The lowest BCUT2D eigenvalue weighted by Crippen LogP contribution is -2.00.